The predicted octanol–water partition coefficient (Wildman–Crippen LogP) is 3.38. The Kier molecular flexibility index (Phi) is 5.40. The molecule has 1 unspecified atom stereocenters. The van der Waals surface area contributed by atoms with E-state index in [1.54, 1.807) is 11.1 Å². The summed E-state index contributed by atoms with van der Waals surface area (Å²) in [6.45, 7) is 4.11. The maximum atomic E-state index is 13.1. The number of anilines is 2. The number of hydrogen-bond donors (Lipinski definition) is 1. The van der Waals surface area contributed by atoms with Crippen LogP contribution in [0.3, 0.4) is 0 Å². The minimum atomic E-state index is -4.40. The zero-order chi connectivity index (χ0) is 21.5. The third-order valence-corrected chi connectivity index (χ3v) is 5.82. The number of aryl methyl sites for hydroxylation is 1. The zero-order valence-electron chi connectivity index (χ0n) is 16.7. The average Bonchev–Trinajstić information content (AvgIpc) is 3.35. The topological polar surface area (TPSA) is 75.4 Å². The summed E-state index contributed by atoms with van der Waals surface area (Å²) in [5.74, 6) is 1.36. The first-order valence-electron chi connectivity index (χ1n) is 10.1. The van der Waals surface area contributed by atoms with E-state index in [0.29, 0.717) is 48.3 Å². The molecule has 160 valence electrons. The van der Waals surface area contributed by atoms with Crippen molar-refractivity contribution in [1.29, 1.82) is 0 Å². The van der Waals surface area contributed by atoms with E-state index in [2.05, 4.69) is 9.88 Å². The van der Waals surface area contributed by atoms with Gasteiger partial charge in [0.15, 0.2) is 11.6 Å². The minimum absolute atomic E-state index is 0.0348. The Labute approximate surface area is 172 Å². The Morgan fingerprint density at radius 1 is 1.27 bits per heavy atom. The summed E-state index contributed by atoms with van der Waals surface area (Å²) >= 11 is 0. The van der Waals surface area contributed by atoms with Crippen molar-refractivity contribution in [1.82, 2.24) is 9.97 Å². The van der Waals surface area contributed by atoms with Gasteiger partial charge in [-0.25, -0.2) is 9.97 Å². The molecule has 0 saturated carbocycles. The number of rotatable bonds is 4. The molecular weight excluding hydrogens is 395 g/mol. The van der Waals surface area contributed by atoms with Gasteiger partial charge >= 0.3 is 6.18 Å². The van der Waals surface area contributed by atoms with Gasteiger partial charge in [0.25, 0.3) is 0 Å². The van der Waals surface area contributed by atoms with Crippen molar-refractivity contribution in [3.63, 3.8) is 0 Å². The number of amides is 1. The SMILES string of the molecule is Cc1cc(-c2ncc(N3CCCC3=O)c(N3CCC(CN)C3)n2)ccc1C(F)(F)F. The van der Waals surface area contributed by atoms with Crippen molar-refractivity contribution in [3.05, 3.63) is 35.5 Å². The summed E-state index contributed by atoms with van der Waals surface area (Å²) in [6.07, 6.45) is -0.581. The summed E-state index contributed by atoms with van der Waals surface area (Å²) < 4.78 is 39.3. The quantitative estimate of drug-likeness (QED) is 0.822. The summed E-state index contributed by atoms with van der Waals surface area (Å²) in [7, 11) is 0. The second-order valence-corrected chi connectivity index (χ2v) is 7.92. The van der Waals surface area contributed by atoms with Crippen molar-refractivity contribution in [2.24, 2.45) is 11.7 Å². The fourth-order valence-corrected chi connectivity index (χ4v) is 4.17. The molecule has 0 spiro atoms. The number of nitrogens with zero attached hydrogens (tertiary/aromatic N) is 4. The lowest BCUT2D eigenvalue weighted by molar-refractivity contribution is -0.138. The lowest BCUT2D eigenvalue weighted by Crippen LogP contribution is -2.30. The lowest BCUT2D eigenvalue weighted by atomic mass is 10.0. The molecule has 0 aliphatic carbocycles. The van der Waals surface area contributed by atoms with Crippen LogP contribution >= 0.6 is 0 Å². The molecular formula is C21H24F3N5O. The Morgan fingerprint density at radius 3 is 2.67 bits per heavy atom. The van der Waals surface area contributed by atoms with Gasteiger partial charge in [0.2, 0.25) is 5.91 Å². The molecule has 2 aliphatic rings. The van der Waals surface area contributed by atoms with Crippen LogP contribution < -0.4 is 15.5 Å². The maximum absolute atomic E-state index is 13.1. The van der Waals surface area contributed by atoms with Crippen LogP contribution in [-0.4, -0.2) is 42.1 Å². The molecule has 4 rings (SSSR count). The molecule has 30 heavy (non-hydrogen) atoms. The number of carbonyl (C=O) groups is 1. The normalized spacial score (nSPS) is 19.8. The van der Waals surface area contributed by atoms with Crippen LogP contribution in [0.2, 0.25) is 0 Å². The summed E-state index contributed by atoms with van der Waals surface area (Å²) in [5, 5.41) is 0. The van der Waals surface area contributed by atoms with Gasteiger partial charge in [0.05, 0.1) is 11.8 Å². The van der Waals surface area contributed by atoms with E-state index in [4.69, 9.17) is 10.7 Å². The van der Waals surface area contributed by atoms with Crippen LogP contribution in [0.5, 0.6) is 0 Å². The van der Waals surface area contributed by atoms with Crippen LogP contribution in [0.1, 0.15) is 30.4 Å². The van der Waals surface area contributed by atoms with Gasteiger partial charge in [-0.2, -0.15) is 13.2 Å². The Hall–Kier alpha value is -2.68. The maximum Gasteiger partial charge on any atom is 0.416 e. The molecule has 0 radical (unpaired) electrons. The second kappa shape index (κ2) is 7.86. The number of hydrogen-bond acceptors (Lipinski definition) is 5. The van der Waals surface area contributed by atoms with E-state index < -0.39 is 11.7 Å². The van der Waals surface area contributed by atoms with Gasteiger partial charge < -0.3 is 15.5 Å². The van der Waals surface area contributed by atoms with Crippen LogP contribution in [0.25, 0.3) is 11.4 Å². The highest BCUT2D eigenvalue weighted by Crippen LogP contribution is 2.36. The Balaban J connectivity index is 1.74. The molecule has 1 aromatic carbocycles. The van der Waals surface area contributed by atoms with Gasteiger partial charge in [-0.05, 0) is 49.9 Å². The van der Waals surface area contributed by atoms with Crippen molar-refractivity contribution < 1.29 is 18.0 Å². The van der Waals surface area contributed by atoms with E-state index in [0.717, 1.165) is 32.0 Å². The number of carbonyl (C=O) groups excluding carboxylic acids is 1. The number of halogens is 3. The van der Waals surface area contributed by atoms with Crippen molar-refractivity contribution in [2.45, 2.75) is 32.4 Å². The molecule has 2 fully saturated rings. The van der Waals surface area contributed by atoms with E-state index in [1.807, 2.05) is 0 Å². The van der Waals surface area contributed by atoms with Crippen molar-refractivity contribution in [2.75, 3.05) is 36.0 Å². The molecule has 1 aromatic heterocycles. The highest BCUT2D eigenvalue weighted by atomic mass is 19.4. The summed E-state index contributed by atoms with van der Waals surface area (Å²) in [5.41, 5.74) is 6.44. The average molecular weight is 419 g/mol. The van der Waals surface area contributed by atoms with E-state index in [9.17, 15) is 18.0 Å². The first-order chi connectivity index (χ1) is 14.3. The highest BCUT2D eigenvalue weighted by molar-refractivity contribution is 5.98. The summed E-state index contributed by atoms with van der Waals surface area (Å²) in [4.78, 5) is 25.2. The molecule has 9 heteroatoms. The van der Waals surface area contributed by atoms with Gasteiger partial charge in [0.1, 0.15) is 5.69 Å². The molecule has 2 aliphatic heterocycles. The van der Waals surface area contributed by atoms with Crippen molar-refractivity contribution in [3.8, 4) is 11.4 Å². The number of nitrogens with two attached hydrogens (primary N) is 1. The van der Waals surface area contributed by atoms with Crippen LogP contribution in [-0.2, 0) is 11.0 Å². The van der Waals surface area contributed by atoms with Crippen LogP contribution in [0.4, 0.5) is 24.7 Å². The Morgan fingerprint density at radius 2 is 2.07 bits per heavy atom. The summed E-state index contributed by atoms with van der Waals surface area (Å²) in [6, 6.07) is 3.91. The molecule has 3 heterocycles. The lowest BCUT2D eigenvalue weighted by Gasteiger charge is -2.25. The van der Waals surface area contributed by atoms with Gasteiger partial charge in [-0.15, -0.1) is 0 Å². The molecule has 1 amide bonds. The highest BCUT2D eigenvalue weighted by Gasteiger charge is 2.33. The largest absolute Gasteiger partial charge is 0.416 e. The Bertz CT molecular complexity index is 962. The van der Waals surface area contributed by atoms with Crippen LogP contribution in [0, 0.1) is 12.8 Å². The molecule has 2 N–H and O–H groups in total. The first-order valence-corrected chi connectivity index (χ1v) is 10.1. The number of alkyl halides is 3. The third kappa shape index (κ3) is 3.86. The van der Waals surface area contributed by atoms with E-state index in [-0.39, 0.29) is 11.5 Å². The molecule has 6 nitrogen and oxygen atoms in total. The fraction of sp³-hybridized carbons (Fsp3) is 0.476. The first kappa shape index (κ1) is 20.6. The minimum Gasteiger partial charge on any atom is -0.354 e. The zero-order valence-corrected chi connectivity index (χ0v) is 16.7. The third-order valence-electron chi connectivity index (χ3n) is 5.82. The van der Waals surface area contributed by atoms with Crippen LogP contribution in [0.15, 0.2) is 24.4 Å². The molecule has 1 atom stereocenters. The fourth-order valence-electron chi connectivity index (χ4n) is 4.17. The molecule has 0 bridgehead atoms. The number of aromatic nitrogens is 2. The van der Waals surface area contributed by atoms with Crippen molar-refractivity contribution >= 4 is 17.4 Å². The smallest absolute Gasteiger partial charge is 0.354 e. The molecule has 2 saturated heterocycles. The van der Waals surface area contributed by atoms with E-state index in [1.165, 1.54) is 19.1 Å². The van der Waals surface area contributed by atoms with Gasteiger partial charge in [-0.1, -0.05) is 6.07 Å². The van der Waals surface area contributed by atoms with E-state index >= 15 is 0 Å². The second-order valence-electron chi connectivity index (χ2n) is 7.92. The van der Waals surface area contributed by atoms with Gasteiger partial charge in [-0.3, -0.25) is 4.79 Å². The number of benzene rings is 1. The van der Waals surface area contributed by atoms with Gasteiger partial charge in [0, 0.05) is 31.6 Å². The standard InChI is InChI=1S/C21H24F3N5O/c1-13-9-15(4-5-16(13)21(22,23)24)19-26-11-17(29-7-2-3-18(29)30)20(27-19)28-8-6-14(10-25)12-28/h4-5,9,11,14H,2-3,6-8,10,12,25H2,1H3. The monoisotopic (exact) mass is 419 g/mol. The molecule has 2 aromatic rings. The predicted molar refractivity (Wildman–Crippen MR) is 108 cm³/mol.